The number of benzene rings is 1. The van der Waals surface area contributed by atoms with Gasteiger partial charge < -0.3 is 0 Å². The van der Waals surface area contributed by atoms with Gasteiger partial charge in [0.1, 0.15) is 0 Å². The number of pyridine rings is 1. The number of aromatic nitrogens is 1. The van der Waals surface area contributed by atoms with Gasteiger partial charge in [0.2, 0.25) is 0 Å². The van der Waals surface area contributed by atoms with Crippen LogP contribution in [0.4, 0.5) is 0 Å². The molecule has 0 saturated carbocycles. The molecule has 1 heterocycles. The highest BCUT2D eigenvalue weighted by atomic mass is 35.5. The summed E-state index contributed by atoms with van der Waals surface area (Å²) in [6, 6.07) is 6.88. The first kappa shape index (κ1) is 14.4. The van der Waals surface area contributed by atoms with Crippen molar-refractivity contribution in [2.24, 2.45) is 0 Å². The first-order chi connectivity index (χ1) is 9.02. The van der Waals surface area contributed by atoms with E-state index in [0.717, 1.165) is 0 Å². The quantitative estimate of drug-likeness (QED) is 0.735. The SMILES string of the molecule is N#CCc1ncc(-c2c(Cl)cc(Cl)cc2Cl)cc1Cl. The van der Waals surface area contributed by atoms with Crippen LogP contribution < -0.4 is 0 Å². The Morgan fingerprint density at radius 1 is 1.00 bits per heavy atom. The summed E-state index contributed by atoms with van der Waals surface area (Å²) in [6.45, 7) is 0. The zero-order chi connectivity index (χ0) is 14.0. The van der Waals surface area contributed by atoms with Crippen LogP contribution in [-0.2, 0) is 6.42 Å². The van der Waals surface area contributed by atoms with Crippen LogP contribution in [0.25, 0.3) is 11.1 Å². The molecule has 0 saturated heterocycles. The van der Waals surface area contributed by atoms with E-state index in [4.69, 9.17) is 51.7 Å². The number of rotatable bonds is 2. The highest BCUT2D eigenvalue weighted by molar-refractivity contribution is 6.42. The van der Waals surface area contributed by atoms with Gasteiger partial charge in [0.25, 0.3) is 0 Å². The van der Waals surface area contributed by atoms with E-state index in [1.54, 1.807) is 24.4 Å². The summed E-state index contributed by atoms with van der Waals surface area (Å²) in [5.74, 6) is 0. The monoisotopic (exact) mass is 330 g/mol. The average Bonchev–Trinajstić information content (AvgIpc) is 2.31. The van der Waals surface area contributed by atoms with Gasteiger partial charge in [0, 0.05) is 22.3 Å². The minimum Gasteiger partial charge on any atom is -0.258 e. The second-order valence-corrected chi connectivity index (χ2v) is 5.39. The van der Waals surface area contributed by atoms with E-state index in [-0.39, 0.29) is 6.42 Å². The fraction of sp³-hybridized carbons (Fsp3) is 0.0769. The summed E-state index contributed by atoms with van der Waals surface area (Å²) >= 11 is 24.2. The lowest BCUT2D eigenvalue weighted by Gasteiger charge is -2.09. The molecule has 19 heavy (non-hydrogen) atoms. The molecule has 2 aromatic rings. The Morgan fingerprint density at radius 3 is 2.16 bits per heavy atom. The lowest BCUT2D eigenvalue weighted by molar-refractivity contribution is 1.12. The fourth-order valence-electron chi connectivity index (χ4n) is 1.63. The molecule has 0 spiro atoms. The van der Waals surface area contributed by atoms with Crippen LogP contribution in [0.5, 0.6) is 0 Å². The van der Waals surface area contributed by atoms with E-state index < -0.39 is 0 Å². The van der Waals surface area contributed by atoms with Crippen molar-refractivity contribution < 1.29 is 0 Å². The highest BCUT2D eigenvalue weighted by Crippen LogP contribution is 2.37. The van der Waals surface area contributed by atoms with Crippen LogP contribution in [0.15, 0.2) is 24.4 Å². The van der Waals surface area contributed by atoms with Crippen molar-refractivity contribution in [3.8, 4) is 17.2 Å². The van der Waals surface area contributed by atoms with Crippen LogP contribution in [-0.4, -0.2) is 4.98 Å². The normalized spacial score (nSPS) is 10.3. The van der Waals surface area contributed by atoms with E-state index in [1.165, 1.54) is 0 Å². The van der Waals surface area contributed by atoms with E-state index in [0.29, 0.717) is 36.9 Å². The molecule has 0 bridgehead atoms. The molecule has 96 valence electrons. The smallest absolute Gasteiger partial charge is 0.0789 e. The van der Waals surface area contributed by atoms with E-state index in [1.807, 2.05) is 6.07 Å². The lowest BCUT2D eigenvalue weighted by atomic mass is 10.1. The number of nitriles is 1. The van der Waals surface area contributed by atoms with Gasteiger partial charge in [-0.15, -0.1) is 0 Å². The molecule has 0 aliphatic carbocycles. The van der Waals surface area contributed by atoms with E-state index in [9.17, 15) is 0 Å². The highest BCUT2D eigenvalue weighted by Gasteiger charge is 2.12. The third-order valence-electron chi connectivity index (χ3n) is 2.46. The minimum absolute atomic E-state index is 0.154. The molecule has 1 aromatic heterocycles. The minimum atomic E-state index is 0.154. The van der Waals surface area contributed by atoms with Crippen LogP contribution in [0, 0.1) is 11.3 Å². The Hall–Kier alpha value is -0.980. The molecule has 0 aliphatic rings. The van der Waals surface area contributed by atoms with Crippen LogP contribution in [0.2, 0.25) is 20.1 Å². The van der Waals surface area contributed by atoms with Gasteiger partial charge in [-0.2, -0.15) is 5.26 Å². The van der Waals surface area contributed by atoms with Crippen molar-refractivity contribution in [1.82, 2.24) is 4.98 Å². The average molecular weight is 332 g/mol. The van der Waals surface area contributed by atoms with E-state index >= 15 is 0 Å². The Labute approximate surface area is 130 Å². The summed E-state index contributed by atoms with van der Waals surface area (Å²) in [5.41, 5.74) is 1.82. The molecule has 2 rings (SSSR count). The second kappa shape index (κ2) is 5.98. The molecule has 2 nitrogen and oxygen atoms in total. The van der Waals surface area contributed by atoms with Crippen molar-refractivity contribution in [3.05, 3.63) is 50.2 Å². The van der Waals surface area contributed by atoms with Gasteiger partial charge in [-0.05, 0) is 18.2 Å². The maximum absolute atomic E-state index is 8.64. The van der Waals surface area contributed by atoms with Crippen molar-refractivity contribution >= 4 is 46.4 Å². The number of hydrogen-bond acceptors (Lipinski definition) is 2. The molecule has 6 heteroatoms. The zero-order valence-electron chi connectivity index (χ0n) is 9.42. The maximum atomic E-state index is 8.64. The Balaban J connectivity index is 2.55. The topological polar surface area (TPSA) is 36.7 Å². The molecule has 0 N–H and O–H groups in total. The first-order valence-electron chi connectivity index (χ1n) is 5.19. The van der Waals surface area contributed by atoms with Crippen LogP contribution >= 0.6 is 46.4 Å². The van der Waals surface area contributed by atoms with Crippen LogP contribution in [0.1, 0.15) is 5.69 Å². The van der Waals surface area contributed by atoms with Gasteiger partial charge in [-0.1, -0.05) is 46.4 Å². The predicted molar refractivity (Wildman–Crippen MR) is 79.0 cm³/mol. The lowest BCUT2D eigenvalue weighted by Crippen LogP contribution is -1.91. The summed E-state index contributed by atoms with van der Waals surface area (Å²) in [5, 5.41) is 10.3. The van der Waals surface area contributed by atoms with E-state index in [2.05, 4.69) is 4.98 Å². The summed E-state index contributed by atoms with van der Waals surface area (Å²) in [7, 11) is 0. The Morgan fingerprint density at radius 2 is 1.63 bits per heavy atom. The molecule has 0 fully saturated rings. The summed E-state index contributed by atoms with van der Waals surface area (Å²) in [4.78, 5) is 4.14. The number of nitrogens with zero attached hydrogens (tertiary/aromatic N) is 2. The van der Waals surface area contributed by atoms with Crippen molar-refractivity contribution in [2.45, 2.75) is 6.42 Å². The number of hydrogen-bond donors (Lipinski definition) is 0. The predicted octanol–water partition coefficient (Wildman–Crippen LogP) is 5.43. The van der Waals surface area contributed by atoms with Crippen molar-refractivity contribution in [3.63, 3.8) is 0 Å². The molecule has 0 radical (unpaired) electrons. The maximum Gasteiger partial charge on any atom is 0.0789 e. The second-order valence-electron chi connectivity index (χ2n) is 3.73. The standard InChI is InChI=1S/C13H6Cl4N2/c14-8-4-10(16)13(11(17)5-8)7-3-9(15)12(1-2-18)19-6-7/h3-6H,1H2. The van der Waals surface area contributed by atoms with Gasteiger partial charge in [-0.3, -0.25) is 4.98 Å². The summed E-state index contributed by atoms with van der Waals surface area (Å²) in [6.07, 6.45) is 1.74. The Bertz CT molecular complexity index is 654. The molecule has 1 aromatic carbocycles. The van der Waals surface area contributed by atoms with Crippen LogP contribution in [0.3, 0.4) is 0 Å². The Kier molecular flexibility index (Phi) is 4.54. The molecule has 0 unspecified atom stereocenters. The van der Waals surface area contributed by atoms with Gasteiger partial charge >= 0.3 is 0 Å². The molecular formula is C13H6Cl4N2. The first-order valence-corrected chi connectivity index (χ1v) is 6.70. The molecular weight excluding hydrogens is 326 g/mol. The molecule has 0 aliphatic heterocycles. The number of halogens is 4. The summed E-state index contributed by atoms with van der Waals surface area (Å²) < 4.78 is 0. The zero-order valence-corrected chi connectivity index (χ0v) is 12.4. The molecule has 0 amide bonds. The third kappa shape index (κ3) is 3.13. The van der Waals surface area contributed by atoms with Gasteiger partial charge in [0.05, 0.1) is 33.3 Å². The third-order valence-corrected chi connectivity index (χ3v) is 3.60. The fourth-order valence-corrected chi connectivity index (χ4v) is 2.89. The largest absolute Gasteiger partial charge is 0.258 e. The van der Waals surface area contributed by atoms with Gasteiger partial charge in [-0.25, -0.2) is 0 Å². The van der Waals surface area contributed by atoms with Crippen molar-refractivity contribution in [2.75, 3.05) is 0 Å². The van der Waals surface area contributed by atoms with Gasteiger partial charge in [0.15, 0.2) is 0 Å². The van der Waals surface area contributed by atoms with Crippen molar-refractivity contribution in [1.29, 1.82) is 5.26 Å². The molecule has 0 atom stereocenters.